The average Bonchev–Trinajstić information content (AvgIpc) is 3.44. The molecule has 186 valence electrons. The molecule has 2 saturated heterocycles. The van der Waals surface area contributed by atoms with Crippen LogP contribution < -0.4 is 16.4 Å². The van der Waals surface area contributed by atoms with Crippen molar-refractivity contribution in [3.8, 4) is 22.5 Å². The Labute approximate surface area is 209 Å². The van der Waals surface area contributed by atoms with Gasteiger partial charge in [0, 0.05) is 42.5 Å². The molecule has 0 spiro atoms. The quantitative estimate of drug-likeness (QED) is 0.511. The number of hydrogen-bond acceptors (Lipinski definition) is 6. The molecule has 1 aromatic heterocycles. The van der Waals surface area contributed by atoms with Gasteiger partial charge in [0.15, 0.2) is 5.82 Å². The summed E-state index contributed by atoms with van der Waals surface area (Å²) in [5, 5.41) is 6.46. The SMILES string of the molecule is Nc1nc(F)c(-c2ccc(C3CCOCC3)c([C@@H]3CCCN3)c2)nc1-c1ccc2c(c1)CCNC2=O. The lowest BCUT2D eigenvalue weighted by molar-refractivity contribution is 0.0850. The van der Waals surface area contributed by atoms with E-state index in [1.165, 1.54) is 11.1 Å². The van der Waals surface area contributed by atoms with Gasteiger partial charge in [0.1, 0.15) is 11.4 Å². The van der Waals surface area contributed by atoms with E-state index in [4.69, 9.17) is 10.5 Å². The number of anilines is 1. The molecule has 3 aliphatic rings. The summed E-state index contributed by atoms with van der Waals surface area (Å²) in [7, 11) is 0. The molecule has 1 atom stereocenters. The lowest BCUT2D eigenvalue weighted by Gasteiger charge is -2.27. The monoisotopic (exact) mass is 487 g/mol. The lowest BCUT2D eigenvalue weighted by atomic mass is 9.84. The van der Waals surface area contributed by atoms with Crippen LogP contribution in [0.3, 0.4) is 0 Å². The minimum absolute atomic E-state index is 0.0352. The minimum Gasteiger partial charge on any atom is -0.382 e. The number of nitrogens with two attached hydrogens (primary N) is 1. The fourth-order valence-corrected chi connectivity index (χ4v) is 5.75. The molecule has 3 aromatic rings. The van der Waals surface area contributed by atoms with Crippen LogP contribution in [0.15, 0.2) is 36.4 Å². The van der Waals surface area contributed by atoms with E-state index in [9.17, 15) is 4.79 Å². The van der Waals surface area contributed by atoms with Gasteiger partial charge in [-0.25, -0.2) is 4.98 Å². The second kappa shape index (κ2) is 9.59. The molecule has 3 aliphatic heterocycles. The Morgan fingerprint density at radius 1 is 0.944 bits per heavy atom. The third kappa shape index (κ3) is 4.24. The second-order valence-corrected chi connectivity index (χ2v) is 9.85. The number of hydrogen-bond donors (Lipinski definition) is 3. The largest absolute Gasteiger partial charge is 0.382 e. The number of ether oxygens (including phenoxy) is 1. The van der Waals surface area contributed by atoms with E-state index < -0.39 is 5.95 Å². The first-order chi connectivity index (χ1) is 17.6. The van der Waals surface area contributed by atoms with Crippen LogP contribution in [0.2, 0.25) is 0 Å². The molecule has 36 heavy (non-hydrogen) atoms. The van der Waals surface area contributed by atoms with Gasteiger partial charge in [-0.3, -0.25) is 4.79 Å². The van der Waals surface area contributed by atoms with Crippen molar-refractivity contribution in [2.24, 2.45) is 0 Å². The normalized spacial score (nSPS) is 20.2. The van der Waals surface area contributed by atoms with Gasteiger partial charge in [0.25, 0.3) is 5.91 Å². The van der Waals surface area contributed by atoms with E-state index in [0.29, 0.717) is 29.3 Å². The number of rotatable bonds is 4. The van der Waals surface area contributed by atoms with Crippen LogP contribution >= 0.6 is 0 Å². The maximum absolute atomic E-state index is 15.2. The number of amides is 1. The smallest absolute Gasteiger partial charge is 0.251 e. The number of nitrogens with one attached hydrogen (secondary N) is 2. The Morgan fingerprint density at radius 3 is 2.56 bits per heavy atom. The molecular formula is C28H30FN5O2. The molecule has 2 aromatic carbocycles. The fraction of sp³-hybridized carbons (Fsp3) is 0.393. The maximum atomic E-state index is 15.2. The highest BCUT2D eigenvalue weighted by Crippen LogP contribution is 2.38. The summed E-state index contributed by atoms with van der Waals surface area (Å²) in [4.78, 5) is 20.9. The number of nitrogens with zero attached hydrogens (tertiary/aromatic N) is 2. The second-order valence-electron chi connectivity index (χ2n) is 9.85. The van der Waals surface area contributed by atoms with Crippen molar-refractivity contribution in [1.29, 1.82) is 0 Å². The highest BCUT2D eigenvalue weighted by atomic mass is 19.1. The van der Waals surface area contributed by atoms with Gasteiger partial charge in [-0.15, -0.1) is 0 Å². The fourth-order valence-electron chi connectivity index (χ4n) is 5.75. The lowest BCUT2D eigenvalue weighted by Crippen LogP contribution is -2.31. The van der Waals surface area contributed by atoms with Crippen LogP contribution in [0.5, 0.6) is 0 Å². The van der Waals surface area contributed by atoms with Crippen molar-refractivity contribution in [2.75, 3.05) is 32.0 Å². The van der Waals surface area contributed by atoms with Crippen LogP contribution in [0, 0.1) is 5.95 Å². The van der Waals surface area contributed by atoms with Crippen molar-refractivity contribution in [2.45, 2.75) is 44.1 Å². The van der Waals surface area contributed by atoms with E-state index in [-0.39, 0.29) is 23.5 Å². The van der Waals surface area contributed by atoms with Gasteiger partial charge in [-0.2, -0.15) is 9.37 Å². The van der Waals surface area contributed by atoms with Crippen molar-refractivity contribution >= 4 is 11.7 Å². The predicted molar refractivity (Wildman–Crippen MR) is 136 cm³/mol. The number of benzene rings is 2. The van der Waals surface area contributed by atoms with Crippen LogP contribution in [0.1, 0.15) is 64.7 Å². The number of carbonyl (C=O) groups is 1. The average molecular weight is 488 g/mol. The van der Waals surface area contributed by atoms with Crippen molar-refractivity contribution in [1.82, 2.24) is 20.6 Å². The Bertz CT molecular complexity index is 1320. The summed E-state index contributed by atoms with van der Waals surface area (Å²) in [6.07, 6.45) is 4.90. The third-order valence-electron chi connectivity index (χ3n) is 7.64. The van der Waals surface area contributed by atoms with Crippen LogP contribution in [-0.4, -0.2) is 42.2 Å². The molecule has 6 rings (SSSR count). The number of fused-ring (bicyclic) bond motifs is 1. The number of nitrogen functional groups attached to an aromatic ring is 1. The summed E-state index contributed by atoms with van der Waals surface area (Å²) in [6.45, 7) is 3.11. The highest BCUT2D eigenvalue weighted by Gasteiger charge is 2.26. The Morgan fingerprint density at radius 2 is 1.75 bits per heavy atom. The first-order valence-electron chi connectivity index (χ1n) is 12.8. The van der Waals surface area contributed by atoms with Gasteiger partial charge in [0.05, 0.1) is 0 Å². The summed E-state index contributed by atoms with van der Waals surface area (Å²) in [5.74, 6) is -0.291. The van der Waals surface area contributed by atoms with E-state index in [1.807, 2.05) is 12.1 Å². The Balaban J connectivity index is 1.42. The molecule has 0 radical (unpaired) electrons. The summed E-state index contributed by atoms with van der Waals surface area (Å²) < 4.78 is 20.8. The molecule has 8 heteroatoms. The number of aromatic nitrogens is 2. The molecule has 0 bridgehead atoms. The molecule has 4 heterocycles. The third-order valence-corrected chi connectivity index (χ3v) is 7.64. The topological polar surface area (TPSA) is 102 Å². The summed E-state index contributed by atoms with van der Waals surface area (Å²) in [6, 6.07) is 11.9. The molecule has 0 unspecified atom stereocenters. The minimum atomic E-state index is -0.683. The zero-order valence-corrected chi connectivity index (χ0v) is 20.1. The van der Waals surface area contributed by atoms with Crippen molar-refractivity contribution in [3.05, 3.63) is 64.6 Å². The van der Waals surface area contributed by atoms with Crippen LogP contribution in [-0.2, 0) is 11.2 Å². The first-order valence-corrected chi connectivity index (χ1v) is 12.8. The molecule has 0 saturated carbocycles. The van der Waals surface area contributed by atoms with Crippen LogP contribution in [0.25, 0.3) is 22.5 Å². The summed E-state index contributed by atoms with van der Waals surface area (Å²) >= 11 is 0. The molecule has 2 fully saturated rings. The van der Waals surface area contributed by atoms with Crippen molar-refractivity contribution in [3.63, 3.8) is 0 Å². The first kappa shape index (κ1) is 23.1. The van der Waals surface area contributed by atoms with Gasteiger partial charge >= 0.3 is 0 Å². The van der Waals surface area contributed by atoms with Gasteiger partial charge in [-0.05, 0) is 79.5 Å². The maximum Gasteiger partial charge on any atom is 0.251 e. The standard InChI is InChI=1S/C28H30FN5O2/c29-26-24(33-25(27(30)34-26)18-4-6-21-17(14-18)7-11-32-28(21)35)19-3-5-20(16-8-12-36-13-9-16)22(15-19)23-2-1-10-31-23/h3-6,14-16,23,31H,1-2,7-13H2,(H2,30,34)(H,32,35)/t23-/m0/s1. The van der Waals surface area contributed by atoms with E-state index in [1.54, 1.807) is 12.1 Å². The zero-order valence-electron chi connectivity index (χ0n) is 20.1. The molecule has 4 N–H and O–H groups in total. The predicted octanol–water partition coefficient (Wildman–Crippen LogP) is 4.14. The van der Waals surface area contributed by atoms with E-state index in [2.05, 4.69) is 32.7 Å². The van der Waals surface area contributed by atoms with Gasteiger partial charge in [0.2, 0.25) is 5.95 Å². The molecule has 7 nitrogen and oxygen atoms in total. The number of halogens is 1. The van der Waals surface area contributed by atoms with E-state index >= 15 is 4.39 Å². The zero-order chi connectivity index (χ0) is 24.6. The number of carbonyl (C=O) groups excluding carboxylic acids is 1. The van der Waals surface area contributed by atoms with E-state index in [0.717, 1.165) is 63.0 Å². The molecule has 0 aliphatic carbocycles. The summed E-state index contributed by atoms with van der Waals surface area (Å²) in [5.41, 5.74) is 12.3. The molecule has 1 amide bonds. The molecular weight excluding hydrogens is 457 g/mol. The van der Waals surface area contributed by atoms with Crippen molar-refractivity contribution < 1.29 is 13.9 Å². The Kier molecular flexibility index (Phi) is 6.15. The highest BCUT2D eigenvalue weighted by molar-refractivity contribution is 5.97. The van der Waals surface area contributed by atoms with Crippen LogP contribution in [0.4, 0.5) is 10.2 Å². The Hall–Kier alpha value is -3.36. The van der Waals surface area contributed by atoms with Gasteiger partial charge < -0.3 is 21.1 Å². The van der Waals surface area contributed by atoms with Gasteiger partial charge in [-0.1, -0.05) is 18.2 Å².